The summed E-state index contributed by atoms with van der Waals surface area (Å²) in [5.74, 6) is 0.872. The minimum atomic E-state index is -0.864. The maximum absolute atomic E-state index is 12.6. The van der Waals surface area contributed by atoms with Crippen molar-refractivity contribution in [2.45, 2.75) is 19.5 Å². The van der Waals surface area contributed by atoms with E-state index in [2.05, 4.69) is 5.32 Å². The molecule has 0 spiro atoms. The number of ether oxygens (including phenoxy) is 2. The van der Waals surface area contributed by atoms with Gasteiger partial charge in [-0.3, -0.25) is 10.1 Å². The van der Waals surface area contributed by atoms with E-state index in [1.54, 1.807) is 7.11 Å². The Morgan fingerprint density at radius 1 is 1.15 bits per heavy atom. The average Bonchev–Trinajstić information content (AvgIpc) is 2.63. The van der Waals surface area contributed by atoms with Crippen molar-refractivity contribution >= 4 is 11.9 Å². The first kappa shape index (κ1) is 20.3. The van der Waals surface area contributed by atoms with Gasteiger partial charge in [0, 0.05) is 11.1 Å². The molecular weight excluding hydrogens is 346 g/mol. The Kier molecular flexibility index (Phi) is 7.19. The fourth-order valence-corrected chi connectivity index (χ4v) is 3.02. The van der Waals surface area contributed by atoms with Crippen LogP contribution in [0.15, 0.2) is 48.5 Å². The van der Waals surface area contributed by atoms with Crippen molar-refractivity contribution in [3.63, 3.8) is 0 Å². The Hall–Kier alpha value is -3.06. The minimum Gasteiger partial charge on any atom is -0.493 e. The number of primary amides is 1. The summed E-state index contributed by atoms with van der Waals surface area (Å²) >= 11 is 0. The van der Waals surface area contributed by atoms with E-state index < -0.39 is 18.0 Å². The Morgan fingerprint density at radius 2 is 1.85 bits per heavy atom. The molecule has 144 valence electrons. The minimum absolute atomic E-state index is 0.441. The maximum atomic E-state index is 12.6. The molecule has 7 heteroatoms. The van der Waals surface area contributed by atoms with Gasteiger partial charge >= 0.3 is 6.03 Å². The maximum Gasteiger partial charge on any atom is 0.319 e. The third kappa shape index (κ3) is 5.46. The van der Waals surface area contributed by atoms with Crippen LogP contribution in [0.2, 0.25) is 0 Å². The highest BCUT2D eigenvalue weighted by Crippen LogP contribution is 2.27. The van der Waals surface area contributed by atoms with E-state index in [1.807, 2.05) is 62.5 Å². The van der Waals surface area contributed by atoms with Crippen molar-refractivity contribution in [2.75, 3.05) is 20.8 Å². The Bertz CT molecular complexity index is 780. The largest absolute Gasteiger partial charge is 0.493 e. The number of imide groups is 1. The van der Waals surface area contributed by atoms with Crippen LogP contribution in [0.3, 0.4) is 0 Å². The average molecular weight is 372 g/mol. The Balaban J connectivity index is 2.26. The first-order valence-corrected chi connectivity index (χ1v) is 8.73. The number of quaternary nitrogens is 1. The summed E-state index contributed by atoms with van der Waals surface area (Å²) in [7, 11) is 3.48. The summed E-state index contributed by atoms with van der Waals surface area (Å²) in [4.78, 5) is 24.6. The van der Waals surface area contributed by atoms with Crippen molar-refractivity contribution in [1.82, 2.24) is 5.32 Å². The molecule has 0 saturated carbocycles. The number of carbonyl (C=O) groups is 2. The molecule has 2 atom stereocenters. The molecule has 1 unspecified atom stereocenters. The first-order valence-electron chi connectivity index (χ1n) is 8.73. The standard InChI is InChI=1S/C20H25N3O4/c1-4-27-16-11-10-14(12-17(16)26-3)13-23(2)18(19(24)22-20(21)25)15-8-6-5-7-9-15/h5-12,18H,4,13H2,1-3H3,(H3,21,22,24,25)/p+1/t18-/m0/s1. The molecular formula is C20H26N3O4+. The number of nitrogens with one attached hydrogen (secondary N) is 2. The summed E-state index contributed by atoms with van der Waals surface area (Å²) in [6.07, 6.45) is 0. The zero-order valence-electron chi connectivity index (χ0n) is 15.8. The second-order valence-electron chi connectivity index (χ2n) is 6.14. The van der Waals surface area contributed by atoms with E-state index in [9.17, 15) is 9.59 Å². The van der Waals surface area contributed by atoms with Crippen LogP contribution in [0, 0.1) is 0 Å². The molecule has 2 aromatic rings. The van der Waals surface area contributed by atoms with Crippen molar-refractivity contribution in [1.29, 1.82) is 0 Å². The SMILES string of the molecule is CCOc1ccc(C[NH+](C)[C@H](C(=O)NC(N)=O)c2ccccc2)cc1OC. The lowest BCUT2D eigenvalue weighted by Gasteiger charge is -2.24. The van der Waals surface area contributed by atoms with Crippen LogP contribution in [-0.2, 0) is 11.3 Å². The van der Waals surface area contributed by atoms with Gasteiger partial charge in [-0.1, -0.05) is 30.3 Å². The molecule has 3 amide bonds. The number of hydrogen-bond acceptors (Lipinski definition) is 4. The first-order chi connectivity index (χ1) is 13.0. The molecule has 0 aliphatic carbocycles. The third-order valence-electron chi connectivity index (χ3n) is 4.15. The molecule has 2 aromatic carbocycles. The van der Waals surface area contributed by atoms with Crippen molar-refractivity contribution in [3.8, 4) is 11.5 Å². The van der Waals surface area contributed by atoms with Gasteiger partial charge in [-0.15, -0.1) is 0 Å². The van der Waals surface area contributed by atoms with Gasteiger partial charge in [-0.05, 0) is 25.1 Å². The molecule has 0 aromatic heterocycles. The monoisotopic (exact) mass is 372 g/mol. The fraction of sp³-hybridized carbons (Fsp3) is 0.300. The molecule has 0 saturated heterocycles. The van der Waals surface area contributed by atoms with Crippen LogP contribution >= 0.6 is 0 Å². The van der Waals surface area contributed by atoms with Crippen LogP contribution in [0.4, 0.5) is 4.79 Å². The predicted octanol–water partition coefficient (Wildman–Crippen LogP) is 1.04. The van der Waals surface area contributed by atoms with Crippen molar-refractivity contribution < 1.29 is 24.0 Å². The number of rotatable bonds is 8. The van der Waals surface area contributed by atoms with Gasteiger partial charge in [0.1, 0.15) is 6.54 Å². The van der Waals surface area contributed by atoms with Crippen LogP contribution in [0.25, 0.3) is 0 Å². The lowest BCUT2D eigenvalue weighted by molar-refractivity contribution is -0.916. The van der Waals surface area contributed by atoms with Crippen molar-refractivity contribution in [3.05, 3.63) is 59.7 Å². The van der Waals surface area contributed by atoms with E-state index >= 15 is 0 Å². The molecule has 0 aliphatic rings. The number of methoxy groups -OCH3 is 1. The van der Waals surface area contributed by atoms with Gasteiger partial charge in [0.05, 0.1) is 20.8 Å². The number of benzene rings is 2. The smallest absolute Gasteiger partial charge is 0.319 e. The molecule has 0 aliphatic heterocycles. The number of carbonyl (C=O) groups excluding carboxylic acids is 2. The molecule has 2 rings (SSSR count). The summed E-state index contributed by atoms with van der Waals surface area (Å²) in [5.41, 5.74) is 6.91. The lowest BCUT2D eigenvalue weighted by Crippen LogP contribution is -3.09. The van der Waals surface area contributed by atoms with Crippen LogP contribution in [0.1, 0.15) is 24.1 Å². The van der Waals surface area contributed by atoms with E-state index in [4.69, 9.17) is 15.2 Å². The number of likely N-dealkylation sites (N-methyl/N-ethyl adjacent to an activating group) is 1. The Labute approximate surface area is 159 Å². The topological polar surface area (TPSA) is 95.1 Å². The second kappa shape index (κ2) is 9.59. The van der Waals surface area contributed by atoms with Gasteiger partial charge in [0.2, 0.25) is 0 Å². The molecule has 27 heavy (non-hydrogen) atoms. The Morgan fingerprint density at radius 3 is 2.44 bits per heavy atom. The number of amides is 3. The zero-order chi connectivity index (χ0) is 19.8. The number of urea groups is 1. The van der Waals surface area contributed by atoms with Crippen LogP contribution < -0.4 is 25.4 Å². The fourth-order valence-electron chi connectivity index (χ4n) is 3.02. The molecule has 0 radical (unpaired) electrons. The van der Waals surface area contributed by atoms with E-state index in [1.165, 1.54) is 0 Å². The predicted molar refractivity (Wildman–Crippen MR) is 102 cm³/mol. The van der Waals surface area contributed by atoms with Gasteiger partial charge in [0.15, 0.2) is 17.5 Å². The molecule has 0 fully saturated rings. The van der Waals surface area contributed by atoms with Crippen molar-refractivity contribution in [2.24, 2.45) is 5.73 Å². The van der Waals surface area contributed by atoms with Gasteiger partial charge in [-0.2, -0.15) is 0 Å². The molecule has 0 heterocycles. The van der Waals surface area contributed by atoms with Crippen LogP contribution in [-0.4, -0.2) is 32.7 Å². The summed E-state index contributed by atoms with van der Waals surface area (Å²) in [5, 5.41) is 2.19. The van der Waals surface area contributed by atoms with E-state index in [0.717, 1.165) is 16.0 Å². The summed E-state index contributed by atoms with van der Waals surface area (Å²) in [6, 6.07) is 13.5. The second-order valence-corrected chi connectivity index (χ2v) is 6.14. The van der Waals surface area contributed by atoms with Gasteiger partial charge in [0.25, 0.3) is 5.91 Å². The number of hydrogen-bond donors (Lipinski definition) is 3. The quantitative estimate of drug-likeness (QED) is 0.645. The molecule has 7 nitrogen and oxygen atoms in total. The van der Waals surface area contributed by atoms with Gasteiger partial charge < -0.3 is 20.1 Å². The number of nitrogens with two attached hydrogens (primary N) is 1. The zero-order valence-corrected chi connectivity index (χ0v) is 15.8. The third-order valence-corrected chi connectivity index (χ3v) is 4.15. The van der Waals surface area contributed by atoms with E-state index in [0.29, 0.717) is 24.7 Å². The molecule has 0 bridgehead atoms. The highest BCUT2D eigenvalue weighted by atomic mass is 16.5. The van der Waals surface area contributed by atoms with Gasteiger partial charge in [-0.25, -0.2) is 4.79 Å². The summed E-state index contributed by atoms with van der Waals surface area (Å²) < 4.78 is 10.9. The summed E-state index contributed by atoms with van der Waals surface area (Å²) in [6.45, 7) is 2.99. The highest BCUT2D eigenvalue weighted by Gasteiger charge is 2.30. The van der Waals surface area contributed by atoms with Crippen LogP contribution in [0.5, 0.6) is 11.5 Å². The normalized spacial score (nSPS) is 12.7. The highest BCUT2D eigenvalue weighted by molar-refractivity contribution is 5.96. The van der Waals surface area contributed by atoms with E-state index in [-0.39, 0.29) is 0 Å². The molecule has 4 N–H and O–H groups in total. The lowest BCUT2D eigenvalue weighted by atomic mass is 10.0.